The highest BCUT2D eigenvalue weighted by Gasteiger charge is 2.12. The molecule has 2 aromatic heterocycles. The molecule has 71 heavy (non-hydrogen) atoms. The van der Waals surface area contributed by atoms with Crippen LogP contribution in [-0.4, -0.2) is 60.5 Å². The number of hydrogen-bond donors (Lipinski definition) is 6. The molecule has 368 valence electrons. The van der Waals surface area contributed by atoms with Gasteiger partial charge in [0, 0.05) is 80.9 Å². The summed E-state index contributed by atoms with van der Waals surface area (Å²) in [5.74, 6) is 2.37. The van der Waals surface area contributed by atoms with Gasteiger partial charge in [0.05, 0.1) is 65.9 Å². The van der Waals surface area contributed by atoms with E-state index in [0.717, 1.165) is 61.8 Å². The molecule has 0 radical (unpaired) electrons. The molecule has 6 aromatic rings. The normalized spacial score (nSPS) is 10.1. The number of halogens is 1. The second kappa shape index (κ2) is 31.8. The number of benzene rings is 4. The van der Waals surface area contributed by atoms with E-state index in [0.29, 0.717) is 73.2 Å². The Morgan fingerprint density at radius 1 is 0.577 bits per heavy atom. The SMILES string of the molecule is C.C.COCCN.COCCNCc1cc(Nc2c(C)cc(/C=C/C#N)cc2C)nc(Nc2ccc(C#N)cc2)n1.Cc1cc(/C=C/C#N)cc(C)c1Nc1cc(CCl)nc(Nc2ccc(C#N)cc2)n1. The smallest absolute Gasteiger partial charge is 0.229 e. The number of nitrogens with one attached hydrogen (secondary N) is 5. The zero-order valence-corrected chi connectivity index (χ0v) is 40.2. The van der Waals surface area contributed by atoms with Crippen LogP contribution in [0, 0.1) is 73.0 Å². The fourth-order valence-electron chi connectivity index (χ4n) is 6.52. The maximum absolute atomic E-state index is 9.02. The van der Waals surface area contributed by atoms with Gasteiger partial charge in [0.15, 0.2) is 0 Å². The molecule has 6 rings (SSSR count). The highest BCUT2D eigenvalue weighted by molar-refractivity contribution is 6.16. The molecule has 0 aliphatic heterocycles. The first-order chi connectivity index (χ1) is 33.4. The highest BCUT2D eigenvalue weighted by Crippen LogP contribution is 2.29. The Labute approximate surface area is 423 Å². The summed E-state index contributed by atoms with van der Waals surface area (Å²) in [5, 5.41) is 51.9. The Hall–Kier alpha value is -8.19. The number of nitrogens with zero attached hydrogens (tertiary/aromatic N) is 8. The summed E-state index contributed by atoms with van der Waals surface area (Å²) in [6.07, 6.45) is 6.49. The second-order valence-electron chi connectivity index (χ2n) is 15.1. The molecule has 16 nitrogen and oxygen atoms in total. The number of aromatic nitrogens is 4. The van der Waals surface area contributed by atoms with Crippen molar-refractivity contribution in [2.45, 2.75) is 55.0 Å². The fraction of sp³-hybridized carbons (Fsp3) is 0.259. The van der Waals surface area contributed by atoms with Crippen LogP contribution >= 0.6 is 11.6 Å². The van der Waals surface area contributed by atoms with E-state index in [1.807, 2.05) is 82.3 Å². The van der Waals surface area contributed by atoms with Gasteiger partial charge in [-0.25, -0.2) is 9.97 Å². The number of nitriles is 4. The number of ether oxygens (including phenoxy) is 2. The van der Waals surface area contributed by atoms with Gasteiger partial charge >= 0.3 is 0 Å². The third kappa shape index (κ3) is 19.7. The molecule has 0 atom stereocenters. The molecular weight excluding hydrogens is 912 g/mol. The highest BCUT2D eigenvalue weighted by atomic mass is 35.5. The third-order valence-corrected chi connectivity index (χ3v) is 9.94. The quantitative estimate of drug-likeness (QED) is 0.0266. The van der Waals surface area contributed by atoms with Gasteiger partial charge in [-0.15, -0.1) is 11.6 Å². The van der Waals surface area contributed by atoms with Crippen LogP contribution in [0.4, 0.5) is 46.3 Å². The van der Waals surface area contributed by atoms with E-state index in [2.05, 4.69) is 63.4 Å². The number of rotatable bonds is 18. The van der Waals surface area contributed by atoms with Gasteiger partial charge < -0.3 is 41.8 Å². The van der Waals surface area contributed by atoms with Crippen molar-refractivity contribution in [3.8, 4) is 24.3 Å². The zero-order chi connectivity index (χ0) is 50.0. The van der Waals surface area contributed by atoms with Crippen molar-refractivity contribution in [2.24, 2.45) is 5.73 Å². The monoisotopic (exact) mass is 974 g/mol. The lowest BCUT2D eigenvalue weighted by Crippen LogP contribution is -2.19. The first kappa shape index (κ1) is 58.9. The van der Waals surface area contributed by atoms with Crippen LogP contribution in [0.2, 0.25) is 0 Å². The topological polar surface area (TPSA) is 251 Å². The third-order valence-electron chi connectivity index (χ3n) is 9.66. The molecule has 0 unspecified atom stereocenters. The molecule has 0 saturated heterocycles. The van der Waals surface area contributed by atoms with Gasteiger partial charge in [-0.05, 0) is 146 Å². The molecule has 0 aliphatic carbocycles. The van der Waals surface area contributed by atoms with Crippen LogP contribution in [0.25, 0.3) is 12.2 Å². The standard InChI is InChI=1S/C26H27N7O.C23H19ClN6.C3H9NO.2CH4/c1-18-13-21(5-4-10-27)14-19(2)25(18)32-24-15-23(17-29-11-12-34-3)31-26(33-24)30-22-8-6-20(16-28)7-9-22;1-15-10-18(4-3-9-25)11-16(2)22(15)29-21-12-20(13-24)28-23(30-21)27-19-7-5-17(14-26)6-8-19;1-5-3-2-4;;/h4-9,13-15,29H,11-12,17H2,1-3H3,(H2,30,31,32,33);3-8,10-12H,13H2,1-2H3,(H2,27,28,29,30);2-4H2,1H3;2*1H4/b5-4+;4-3+;;;. The van der Waals surface area contributed by atoms with Gasteiger partial charge in [0.25, 0.3) is 0 Å². The first-order valence-electron chi connectivity index (χ1n) is 21.6. The minimum Gasteiger partial charge on any atom is -0.383 e. The summed E-state index contributed by atoms with van der Waals surface area (Å²) in [7, 11) is 3.30. The number of allylic oxidation sites excluding steroid dienone is 2. The van der Waals surface area contributed by atoms with Gasteiger partial charge in [-0.1, -0.05) is 14.9 Å². The zero-order valence-electron chi connectivity index (χ0n) is 39.5. The molecule has 0 saturated carbocycles. The number of aryl methyl sites for hydroxylation is 4. The van der Waals surface area contributed by atoms with Crippen molar-refractivity contribution >= 4 is 70.0 Å². The Morgan fingerprint density at radius 3 is 1.34 bits per heavy atom. The molecule has 4 aromatic carbocycles. The van der Waals surface area contributed by atoms with E-state index in [4.69, 9.17) is 43.1 Å². The number of alkyl halides is 1. The van der Waals surface area contributed by atoms with Gasteiger partial charge in [-0.3, -0.25) is 0 Å². The van der Waals surface area contributed by atoms with Gasteiger partial charge in [0.2, 0.25) is 11.9 Å². The Balaban J connectivity index is 0.000000435. The molecule has 0 amide bonds. The summed E-state index contributed by atoms with van der Waals surface area (Å²) < 4.78 is 9.67. The molecule has 0 fully saturated rings. The van der Waals surface area contributed by atoms with Crippen molar-refractivity contribution in [1.82, 2.24) is 25.3 Å². The maximum atomic E-state index is 9.02. The molecule has 2 heterocycles. The van der Waals surface area contributed by atoms with Gasteiger partial charge in [0.1, 0.15) is 11.6 Å². The predicted octanol–water partition coefficient (Wildman–Crippen LogP) is 11.3. The number of nitrogens with two attached hydrogens (primary N) is 1. The minimum atomic E-state index is 0. The Kier molecular flexibility index (Phi) is 26.4. The average Bonchev–Trinajstić information content (AvgIpc) is 3.35. The lowest BCUT2D eigenvalue weighted by atomic mass is 10.0. The van der Waals surface area contributed by atoms with E-state index < -0.39 is 0 Å². The molecule has 0 bridgehead atoms. The van der Waals surface area contributed by atoms with Crippen LogP contribution in [0.5, 0.6) is 0 Å². The van der Waals surface area contributed by atoms with Gasteiger partial charge in [-0.2, -0.15) is 31.0 Å². The molecular formula is C54H63ClN14O2. The number of anilines is 8. The van der Waals surface area contributed by atoms with E-state index in [9.17, 15) is 0 Å². The number of hydrogen-bond acceptors (Lipinski definition) is 16. The molecule has 0 aliphatic rings. The largest absolute Gasteiger partial charge is 0.383 e. The Morgan fingerprint density at radius 2 is 0.986 bits per heavy atom. The lowest BCUT2D eigenvalue weighted by Gasteiger charge is -2.16. The number of methoxy groups -OCH3 is 2. The summed E-state index contributed by atoms with van der Waals surface area (Å²) in [4.78, 5) is 18.3. The summed E-state index contributed by atoms with van der Waals surface area (Å²) in [6.45, 7) is 11.2. The average molecular weight is 976 g/mol. The molecule has 17 heteroatoms. The van der Waals surface area contributed by atoms with Crippen LogP contribution in [-0.2, 0) is 21.9 Å². The fourth-order valence-corrected chi connectivity index (χ4v) is 6.66. The lowest BCUT2D eigenvalue weighted by molar-refractivity contribution is 0.199. The van der Waals surface area contributed by atoms with E-state index in [1.165, 1.54) is 12.2 Å². The molecule has 7 N–H and O–H groups in total. The summed E-state index contributed by atoms with van der Waals surface area (Å²) >= 11 is 6.03. The van der Waals surface area contributed by atoms with Crippen molar-refractivity contribution in [3.05, 3.63) is 153 Å². The van der Waals surface area contributed by atoms with Crippen molar-refractivity contribution in [2.75, 3.05) is 61.8 Å². The van der Waals surface area contributed by atoms with Crippen LogP contribution in [0.15, 0.2) is 97.1 Å². The predicted molar refractivity (Wildman–Crippen MR) is 288 cm³/mol. The van der Waals surface area contributed by atoms with E-state index in [1.54, 1.807) is 68.8 Å². The van der Waals surface area contributed by atoms with E-state index >= 15 is 0 Å². The van der Waals surface area contributed by atoms with Crippen molar-refractivity contribution in [3.63, 3.8) is 0 Å². The van der Waals surface area contributed by atoms with Crippen LogP contribution < -0.4 is 32.3 Å². The summed E-state index contributed by atoms with van der Waals surface area (Å²) in [5.41, 5.74) is 17.2. The maximum Gasteiger partial charge on any atom is 0.229 e. The van der Waals surface area contributed by atoms with Crippen molar-refractivity contribution in [1.29, 1.82) is 21.0 Å². The molecule has 0 spiro atoms. The Bertz CT molecular complexity index is 2810. The van der Waals surface area contributed by atoms with Crippen molar-refractivity contribution < 1.29 is 9.47 Å². The van der Waals surface area contributed by atoms with Crippen LogP contribution in [0.3, 0.4) is 0 Å². The first-order valence-corrected chi connectivity index (χ1v) is 22.1. The minimum absolute atomic E-state index is 0. The van der Waals surface area contributed by atoms with E-state index in [-0.39, 0.29) is 20.7 Å². The second-order valence-corrected chi connectivity index (χ2v) is 15.4. The van der Waals surface area contributed by atoms with Crippen LogP contribution in [0.1, 0.15) is 70.7 Å². The summed E-state index contributed by atoms with van der Waals surface area (Å²) in [6, 6.07) is 34.2.